The van der Waals surface area contributed by atoms with Gasteiger partial charge in [0.15, 0.2) is 5.60 Å². The van der Waals surface area contributed by atoms with E-state index in [2.05, 4.69) is 140 Å². The van der Waals surface area contributed by atoms with E-state index in [9.17, 15) is 0 Å². The van der Waals surface area contributed by atoms with Gasteiger partial charge in [0.2, 0.25) is 0 Å². The molecule has 9 rings (SSSR count). The number of methoxy groups -OCH3 is 1. The van der Waals surface area contributed by atoms with E-state index in [0.29, 0.717) is 0 Å². The second kappa shape index (κ2) is 11.4. The number of anilines is 1. The highest BCUT2D eigenvalue weighted by Gasteiger charge is 2.44. The summed E-state index contributed by atoms with van der Waals surface area (Å²) in [6, 6.07) is 43.6. The standard InChI is InChI=1S/C45H39NO3/c1-44(2)40-28-31(30-10-6-4-7-11-30)14-20-37(40)41-36-21-17-34(46-24-26-48-27-25-46)29-39(36)43-38(42(41)44)22-23-45(49-43,32-12-8-5-9-13-32)33-15-18-35(47-3)19-16-33/h4-23,28-29H,24-27H2,1-3H3. The second-order valence-corrected chi connectivity index (χ2v) is 13.8. The molecule has 242 valence electrons. The van der Waals surface area contributed by atoms with Gasteiger partial charge >= 0.3 is 0 Å². The van der Waals surface area contributed by atoms with E-state index in [4.69, 9.17) is 14.2 Å². The third-order valence-corrected chi connectivity index (χ3v) is 10.8. The average Bonchev–Trinajstić information content (AvgIpc) is 3.41. The smallest absolute Gasteiger partial charge is 0.178 e. The van der Waals surface area contributed by atoms with Crippen LogP contribution in [0.3, 0.4) is 0 Å². The molecular formula is C45H39NO3. The van der Waals surface area contributed by atoms with E-state index in [0.717, 1.165) is 59.9 Å². The third-order valence-electron chi connectivity index (χ3n) is 10.8. The van der Waals surface area contributed by atoms with Gasteiger partial charge in [0.05, 0.1) is 20.3 Å². The predicted molar refractivity (Wildman–Crippen MR) is 200 cm³/mol. The van der Waals surface area contributed by atoms with Crippen molar-refractivity contribution >= 4 is 22.5 Å². The first kappa shape index (κ1) is 29.8. The molecule has 1 atom stereocenters. The maximum Gasteiger partial charge on any atom is 0.178 e. The van der Waals surface area contributed by atoms with Gasteiger partial charge in [-0.3, -0.25) is 0 Å². The average molecular weight is 642 g/mol. The summed E-state index contributed by atoms with van der Waals surface area (Å²) >= 11 is 0. The summed E-state index contributed by atoms with van der Waals surface area (Å²) in [5, 5.41) is 2.35. The number of rotatable bonds is 5. The van der Waals surface area contributed by atoms with Crippen LogP contribution in [0.2, 0.25) is 0 Å². The monoisotopic (exact) mass is 641 g/mol. The van der Waals surface area contributed by atoms with Gasteiger partial charge in [-0.2, -0.15) is 0 Å². The molecule has 0 bridgehead atoms. The van der Waals surface area contributed by atoms with Crippen molar-refractivity contribution < 1.29 is 14.2 Å². The molecule has 0 saturated carbocycles. The zero-order valence-corrected chi connectivity index (χ0v) is 28.2. The lowest BCUT2D eigenvalue weighted by Crippen LogP contribution is -2.36. The summed E-state index contributed by atoms with van der Waals surface area (Å²) in [7, 11) is 1.70. The molecule has 4 nitrogen and oxygen atoms in total. The van der Waals surface area contributed by atoms with E-state index >= 15 is 0 Å². The van der Waals surface area contributed by atoms with Gasteiger partial charge in [0.1, 0.15) is 11.5 Å². The first-order chi connectivity index (χ1) is 24.0. The normalized spacial score (nSPS) is 18.8. The summed E-state index contributed by atoms with van der Waals surface area (Å²) < 4.78 is 18.8. The molecule has 49 heavy (non-hydrogen) atoms. The molecule has 6 aromatic carbocycles. The highest BCUT2D eigenvalue weighted by molar-refractivity contribution is 6.09. The minimum Gasteiger partial charge on any atom is -0.497 e. The van der Waals surface area contributed by atoms with Gasteiger partial charge < -0.3 is 19.1 Å². The molecule has 0 aromatic heterocycles. The zero-order chi connectivity index (χ0) is 33.2. The van der Waals surface area contributed by atoms with Crippen molar-refractivity contribution in [2.24, 2.45) is 0 Å². The van der Waals surface area contributed by atoms with Gasteiger partial charge in [-0.05, 0) is 75.2 Å². The number of nitrogens with zero attached hydrogens (tertiary/aromatic N) is 1. The first-order valence-electron chi connectivity index (χ1n) is 17.2. The van der Waals surface area contributed by atoms with Crippen molar-refractivity contribution in [1.82, 2.24) is 0 Å². The number of ether oxygens (including phenoxy) is 3. The Balaban J connectivity index is 1.31. The molecule has 3 aliphatic rings. The SMILES string of the molecule is COc1ccc(C2(c3ccccc3)C=Cc3c4c(c5ccc(N6CCOCC6)cc5c3O2)-c2ccc(-c3ccccc3)cc2C4(C)C)cc1. The number of benzene rings is 6. The van der Waals surface area contributed by atoms with E-state index in [1.165, 1.54) is 44.5 Å². The van der Waals surface area contributed by atoms with Crippen LogP contribution < -0.4 is 14.4 Å². The molecule has 4 heteroatoms. The van der Waals surface area contributed by atoms with E-state index in [-0.39, 0.29) is 5.41 Å². The highest BCUT2D eigenvalue weighted by Crippen LogP contribution is 2.59. The van der Waals surface area contributed by atoms with Crippen LogP contribution in [-0.4, -0.2) is 33.4 Å². The maximum atomic E-state index is 7.56. The molecule has 1 aliphatic carbocycles. The number of hydrogen-bond donors (Lipinski definition) is 0. The summed E-state index contributed by atoms with van der Waals surface area (Å²) in [4.78, 5) is 2.43. The van der Waals surface area contributed by atoms with Crippen molar-refractivity contribution in [3.05, 3.63) is 155 Å². The van der Waals surface area contributed by atoms with Crippen molar-refractivity contribution in [1.29, 1.82) is 0 Å². The van der Waals surface area contributed by atoms with E-state index < -0.39 is 5.60 Å². The molecule has 1 fully saturated rings. The van der Waals surface area contributed by atoms with Crippen LogP contribution in [0.4, 0.5) is 5.69 Å². The van der Waals surface area contributed by atoms with Crippen molar-refractivity contribution in [2.75, 3.05) is 38.3 Å². The molecule has 1 unspecified atom stereocenters. The van der Waals surface area contributed by atoms with Crippen molar-refractivity contribution in [2.45, 2.75) is 24.9 Å². The largest absolute Gasteiger partial charge is 0.497 e. The molecule has 1 saturated heterocycles. The lowest BCUT2D eigenvalue weighted by Gasteiger charge is -2.38. The van der Waals surface area contributed by atoms with E-state index in [1.54, 1.807) is 7.11 Å². The van der Waals surface area contributed by atoms with Crippen LogP contribution >= 0.6 is 0 Å². The predicted octanol–water partition coefficient (Wildman–Crippen LogP) is 10.0. The lowest BCUT2D eigenvalue weighted by molar-refractivity contribution is 0.122. The third kappa shape index (κ3) is 4.62. The molecule has 2 heterocycles. The highest BCUT2D eigenvalue weighted by atomic mass is 16.5. The Morgan fingerprint density at radius 1 is 0.694 bits per heavy atom. The lowest BCUT2D eigenvalue weighted by atomic mass is 9.76. The maximum absolute atomic E-state index is 7.56. The Labute approximate surface area is 288 Å². The summed E-state index contributed by atoms with van der Waals surface area (Å²) in [6.07, 6.45) is 4.60. The number of morpholine rings is 1. The van der Waals surface area contributed by atoms with Gasteiger partial charge in [-0.1, -0.05) is 111 Å². The van der Waals surface area contributed by atoms with E-state index in [1.807, 2.05) is 12.1 Å². The molecule has 0 N–H and O–H groups in total. The van der Waals surface area contributed by atoms with Gasteiger partial charge in [0, 0.05) is 46.3 Å². The van der Waals surface area contributed by atoms with Gasteiger partial charge in [0.25, 0.3) is 0 Å². The van der Waals surface area contributed by atoms with Crippen LogP contribution in [0.15, 0.2) is 127 Å². The Hall–Kier alpha value is -5.32. The Bertz CT molecular complexity index is 2230. The Kier molecular flexibility index (Phi) is 6.93. The zero-order valence-electron chi connectivity index (χ0n) is 28.2. The van der Waals surface area contributed by atoms with Gasteiger partial charge in [-0.15, -0.1) is 0 Å². The van der Waals surface area contributed by atoms with Crippen molar-refractivity contribution in [3.8, 4) is 33.8 Å². The van der Waals surface area contributed by atoms with Crippen LogP contribution in [0.5, 0.6) is 11.5 Å². The minimum atomic E-state index is -0.827. The first-order valence-corrected chi connectivity index (χ1v) is 17.2. The second-order valence-electron chi connectivity index (χ2n) is 13.8. The number of fused-ring (bicyclic) bond motifs is 8. The molecule has 6 aromatic rings. The fraction of sp³-hybridized carbons (Fsp3) is 0.200. The number of hydrogen-bond acceptors (Lipinski definition) is 4. The molecule has 0 spiro atoms. The molecule has 0 amide bonds. The summed E-state index contributed by atoms with van der Waals surface area (Å²) in [6.45, 7) is 7.96. The summed E-state index contributed by atoms with van der Waals surface area (Å²) in [5.74, 6) is 1.75. The Morgan fingerprint density at radius 3 is 2.14 bits per heavy atom. The molecule has 2 aliphatic heterocycles. The topological polar surface area (TPSA) is 30.9 Å². The van der Waals surface area contributed by atoms with Crippen LogP contribution in [0, 0.1) is 0 Å². The van der Waals surface area contributed by atoms with Crippen LogP contribution in [-0.2, 0) is 15.8 Å². The fourth-order valence-corrected chi connectivity index (χ4v) is 8.30. The van der Waals surface area contributed by atoms with Crippen molar-refractivity contribution in [3.63, 3.8) is 0 Å². The Morgan fingerprint density at radius 2 is 1.41 bits per heavy atom. The molecular weight excluding hydrogens is 602 g/mol. The molecule has 0 radical (unpaired) electrons. The summed E-state index contributed by atoms with van der Waals surface area (Å²) in [5.41, 5.74) is 11.2. The van der Waals surface area contributed by atoms with Gasteiger partial charge in [-0.25, -0.2) is 0 Å². The fourth-order valence-electron chi connectivity index (χ4n) is 8.30. The van der Waals surface area contributed by atoms with Crippen LogP contribution in [0.1, 0.15) is 41.7 Å². The minimum absolute atomic E-state index is 0.253. The quantitative estimate of drug-likeness (QED) is 0.188. The van der Waals surface area contributed by atoms with Crippen LogP contribution in [0.25, 0.3) is 39.1 Å².